The van der Waals surface area contributed by atoms with E-state index in [9.17, 15) is 9.59 Å². The van der Waals surface area contributed by atoms with Crippen LogP contribution in [0.1, 0.15) is 11.1 Å². The van der Waals surface area contributed by atoms with Crippen LogP contribution in [0.4, 0.5) is 0 Å². The zero-order valence-electron chi connectivity index (χ0n) is 14.6. The van der Waals surface area contributed by atoms with Gasteiger partial charge in [-0.3, -0.25) is 9.59 Å². The maximum Gasteiger partial charge on any atom is 0.240 e. The van der Waals surface area contributed by atoms with Crippen LogP contribution < -0.4 is 16.8 Å². The highest BCUT2D eigenvalue weighted by Gasteiger charge is 2.23. The van der Waals surface area contributed by atoms with E-state index in [-0.39, 0.29) is 18.3 Å². The predicted octanol–water partition coefficient (Wildman–Crippen LogP) is 2.41. The molecule has 5 N–H and O–H groups in total. The Bertz CT molecular complexity index is 914. The third-order valence-corrected chi connectivity index (χ3v) is 5.29. The van der Waals surface area contributed by atoms with Crippen LogP contribution in [0.15, 0.2) is 60.0 Å². The van der Waals surface area contributed by atoms with E-state index in [1.165, 1.54) is 0 Å². The number of carbonyl (C=O) groups is 2. The summed E-state index contributed by atoms with van der Waals surface area (Å²) in [6.07, 6.45) is 0.753. The first-order valence-electron chi connectivity index (χ1n) is 8.39. The van der Waals surface area contributed by atoms with E-state index in [0.717, 1.165) is 21.2 Å². The van der Waals surface area contributed by atoms with Crippen molar-refractivity contribution < 1.29 is 9.59 Å². The van der Waals surface area contributed by atoms with Gasteiger partial charge in [-0.25, -0.2) is 0 Å². The second-order valence-electron chi connectivity index (χ2n) is 6.22. The number of hydrogen-bond acceptors (Lipinski definition) is 4. The summed E-state index contributed by atoms with van der Waals surface area (Å²) in [6.45, 7) is 0. The minimum absolute atomic E-state index is 0. The molecule has 0 aliphatic rings. The topological polar surface area (TPSA) is 98.2 Å². The Kier molecular flexibility index (Phi) is 7.36. The van der Waals surface area contributed by atoms with Crippen LogP contribution in [0.3, 0.4) is 0 Å². The molecule has 7 heteroatoms. The van der Waals surface area contributed by atoms with Crippen LogP contribution in [0, 0.1) is 0 Å². The van der Waals surface area contributed by atoms with Gasteiger partial charge in [-0.1, -0.05) is 48.5 Å². The number of amides is 2. The van der Waals surface area contributed by atoms with E-state index in [1.54, 1.807) is 11.3 Å². The molecule has 2 amide bonds. The molecule has 0 fully saturated rings. The molecule has 0 saturated heterocycles. The summed E-state index contributed by atoms with van der Waals surface area (Å²) in [5.41, 5.74) is 13.5. The predicted molar refractivity (Wildman–Crippen MR) is 112 cm³/mol. The fraction of sp³-hybridized carbons (Fsp3) is 0.200. The Morgan fingerprint density at radius 3 is 2.37 bits per heavy atom. The van der Waals surface area contributed by atoms with Gasteiger partial charge in [-0.05, 0) is 34.4 Å². The summed E-state index contributed by atoms with van der Waals surface area (Å²) in [5, 5.41) is 5.82. The molecule has 142 valence electrons. The van der Waals surface area contributed by atoms with Crippen LogP contribution in [0.25, 0.3) is 10.1 Å². The van der Waals surface area contributed by atoms with Crippen molar-refractivity contribution in [1.82, 2.24) is 5.32 Å². The average Bonchev–Trinajstić information content (AvgIpc) is 3.05. The normalized spacial score (nSPS) is 12.8. The molecule has 1 heterocycles. The number of rotatable bonds is 7. The van der Waals surface area contributed by atoms with E-state index >= 15 is 0 Å². The third kappa shape index (κ3) is 5.29. The van der Waals surface area contributed by atoms with Gasteiger partial charge in [0.2, 0.25) is 11.8 Å². The zero-order chi connectivity index (χ0) is 18.5. The van der Waals surface area contributed by atoms with Crippen LogP contribution in [-0.2, 0) is 22.4 Å². The van der Waals surface area contributed by atoms with E-state index in [4.69, 9.17) is 11.5 Å². The molecule has 0 radical (unpaired) electrons. The molecule has 0 saturated carbocycles. The smallest absolute Gasteiger partial charge is 0.240 e. The minimum Gasteiger partial charge on any atom is -0.368 e. The maximum absolute atomic E-state index is 12.5. The van der Waals surface area contributed by atoms with Crippen molar-refractivity contribution >= 4 is 45.6 Å². The quantitative estimate of drug-likeness (QED) is 0.564. The van der Waals surface area contributed by atoms with E-state index in [2.05, 4.69) is 5.32 Å². The van der Waals surface area contributed by atoms with Gasteiger partial charge >= 0.3 is 0 Å². The Labute approximate surface area is 168 Å². The fourth-order valence-corrected chi connectivity index (χ4v) is 3.85. The van der Waals surface area contributed by atoms with Gasteiger partial charge in [0.25, 0.3) is 0 Å². The van der Waals surface area contributed by atoms with Gasteiger partial charge in [0.15, 0.2) is 0 Å². The number of benzene rings is 2. The molecule has 0 unspecified atom stereocenters. The van der Waals surface area contributed by atoms with E-state index in [0.29, 0.717) is 12.8 Å². The minimum atomic E-state index is -0.782. The van der Waals surface area contributed by atoms with Gasteiger partial charge < -0.3 is 16.8 Å². The lowest BCUT2D eigenvalue weighted by Crippen LogP contribution is -2.51. The van der Waals surface area contributed by atoms with Crippen molar-refractivity contribution in [3.05, 3.63) is 71.1 Å². The van der Waals surface area contributed by atoms with Gasteiger partial charge in [-0.15, -0.1) is 23.7 Å². The summed E-state index contributed by atoms with van der Waals surface area (Å²) in [4.78, 5) is 24.2. The van der Waals surface area contributed by atoms with Crippen molar-refractivity contribution in [2.24, 2.45) is 11.5 Å². The molecule has 0 spiro atoms. The molecule has 2 aromatic carbocycles. The highest BCUT2D eigenvalue weighted by Crippen LogP contribution is 2.26. The van der Waals surface area contributed by atoms with Gasteiger partial charge in [-0.2, -0.15) is 0 Å². The molecule has 0 bridgehead atoms. The number of nitrogens with one attached hydrogen (secondary N) is 1. The lowest BCUT2D eigenvalue weighted by molar-refractivity contribution is -0.128. The molecule has 3 aromatic rings. The molecular formula is C20H22ClN3O2S. The van der Waals surface area contributed by atoms with Crippen LogP contribution in [0.2, 0.25) is 0 Å². The number of primary amides is 1. The summed E-state index contributed by atoms with van der Waals surface area (Å²) in [7, 11) is 0. The number of fused-ring (bicyclic) bond motifs is 1. The number of halogens is 1. The van der Waals surface area contributed by atoms with E-state index in [1.807, 2.05) is 60.0 Å². The van der Waals surface area contributed by atoms with Crippen LogP contribution in [-0.4, -0.2) is 23.9 Å². The Balaban J connectivity index is 0.00000261. The molecule has 3 rings (SSSR count). The number of carbonyl (C=O) groups excluding carboxylic acids is 2. The van der Waals surface area contributed by atoms with Crippen molar-refractivity contribution in [2.45, 2.75) is 24.9 Å². The SMILES string of the molecule is Cl.NC(=O)[C@@H](Cc1ccccc1)NC(=O)[C@@H](N)Cc1csc2ccccc12. The summed E-state index contributed by atoms with van der Waals surface area (Å²) >= 11 is 1.63. The van der Waals surface area contributed by atoms with Gasteiger partial charge in [0, 0.05) is 11.1 Å². The van der Waals surface area contributed by atoms with E-state index < -0.39 is 18.0 Å². The lowest BCUT2D eigenvalue weighted by Gasteiger charge is -2.18. The van der Waals surface area contributed by atoms with Crippen LogP contribution in [0.5, 0.6) is 0 Å². The number of thiophene rings is 1. The number of nitrogens with two attached hydrogens (primary N) is 2. The summed E-state index contributed by atoms with van der Waals surface area (Å²) < 4.78 is 1.16. The summed E-state index contributed by atoms with van der Waals surface area (Å²) in [6, 6.07) is 15.9. The average molecular weight is 404 g/mol. The van der Waals surface area contributed by atoms with Crippen molar-refractivity contribution in [1.29, 1.82) is 0 Å². The van der Waals surface area contributed by atoms with Crippen molar-refractivity contribution in [2.75, 3.05) is 0 Å². The highest BCUT2D eigenvalue weighted by atomic mass is 35.5. The second-order valence-corrected chi connectivity index (χ2v) is 7.13. The largest absolute Gasteiger partial charge is 0.368 e. The van der Waals surface area contributed by atoms with Crippen molar-refractivity contribution in [3.8, 4) is 0 Å². The standard InChI is InChI=1S/C20H21N3O2S.ClH/c21-16(11-14-12-26-18-9-5-4-8-15(14)18)20(25)23-17(19(22)24)10-13-6-2-1-3-7-13;/h1-9,12,16-17H,10-11,21H2,(H2,22,24)(H,23,25);1H/t16-,17+;/m0./s1. The molecule has 0 aliphatic carbocycles. The van der Waals surface area contributed by atoms with Crippen molar-refractivity contribution in [3.63, 3.8) is 0 Å². The number of hydrogen-bond donors (Lipinski definition) is 3. The first-order chi connectivity index (χ1) is 12.5. The van der Waals surface area contributed by atoms with Gasteiger partial charge in [0.05, 0.1) is 6.04 Å². The third-order valence-electron chi connectivity index (χ3n) is 4.28. The zero-order valence-corrected chi connectivity index (χ0v) is 16.3. The van der Waals surface area contributed by atoms with Gasteiger partial charge in [0.1, 0.15) is 6.04 Å². The first-order valence-corrected chi connectivity index (χ1v) is 9.27. The maximum atomic E-state index is 12.5. The molecule has 1 aromatic heterocycles. The molecular weight excluding hydrogens is 382 g/mol. The fourth-order valence-electron chi connectivity index (χ4n) is 2.87. The molecule has 5 nitrogen and oxygen atoms in total. The highest BCUT2D eigenvalue weighted by molar-refractivity contribution is 7.17. The Hall–Kier alpha value is -2.41. The first kappa shape index (κ1) is 20.9. The monoisotopic (exact) mass is 403 g/mol. The molecule has 0 aliphatic heterocycles. The molecule has 2 atom stereocenters. The second kappa shape index (κ2) is 9.50. The Morgan fingerprint density at radius 2 is 1.67 bits per heavy atom. The Morgan fingerprint density at radius 1 is 1.00 bits per heavy atom. The van der Waals surface area contributed by atoms with Crippen LogP contribution >= 0.6 is 23.7 Å². The molecule has 27 heavy (non-hydrogen) atoms. The summed E-state index contributed by atoms with van der Waals surface area (Å²) in [5.74, 6) is -0.949. The lowest BCUT2D eigenvalue weighted by atomic mass is 10.0.